The molecule has 0 aliphatic heterocycles. The van der Waals surface area contributed by atoms with Crippen molar-refractivity contribution >= 4 is 16.6 Å². The molecule has 3 aromatic rings. The zero-order chi connectivity index (χ0) is 14.5. The Hall–Kier alpha value is -2.35. The molecule has 2 aromatic carbocycles. The van der Waals surface area contributed by atoms with Crippen molar-refractivity contribution < 1.29 is 0 Å². The number of pyridine rings is 1. The Kier molecular flexibility index (Phi) is 4.15. The number of para-hydroxylation sites is 1. The second-order valence-electron chi connectivity index (χ2n) is 5.27. The van der Waals surface area contributed by atoms with Crippen molar-refractivity contribution in [3.8, 4) is 0 Å². The topological polar surface area (TPSA) is 24.9 Å². The monoisotopic (exact) mass is 276 g/mol. The minimum atomic E-state index is 0.526. The molecule has 1 unspecified atom stereocenters. The zero-order valence-electron chi connectivity index (χ0n) is 12.3. The summed E-state index contributed by atoms with van der Waals surface area (Å²) in [6.07, 6.45) is 2.99. The van der Waals surface area contributed by atoms with Gasteiger partial charge >= 0.3 is 0 Å². The van der Waals surface area contributed by atoms with Gasteiger partial charge in [-0.05, 0) is 24.1 Å². The van der Waals surface area contributed by atoms with Crippen molar-refractivity contribution in [2.75, 3.05) is 11.9 Å². The summed E-state index contributed by atoms with van der Waals surface area (Å²) in [5, 5.41) is 4.78. The van der Waals surface area contributed by atoms with Crippen molar-refractivity contribution in [1.29, 1.82) is 0 Å². The Morgan fingerprint density at radius 2 is 1.71 bits per heavy atom. The van der Waals surface area contributed by atoms with E-state index >= 15 is 0 Å². The molecule has 1 atom stereocenters. The van der Waals surface area contributed by atoms with Gasteiger partial charge in [-0.3, -0.25) is 4.98 Å². The third-order valence-electron chi connectivity index (χ3n) is 3.95. The van der Waals surface area contributed by atoms with Crippen LogP contribution in [0, 0.1) is 0 Å². The molecule has 0 fully saturated rings. The largest absolute Gasteiger partial charge is 0.384 e. The van der Waals surface area contributed by atoms with Crippen LogP contribution in [0.4, 0.5) is 5.69 Å². The molecule has 0 aliphatic rings. The van der Waals surface area contributed by atoms with Crippen LogP contribution in [0.2, 0.25) is 0 Å². The van der Waals surface area contributed by atoms with Gasteiger partial charge in [0.05, 0.1) is 5.52 Å². The van der Waals surface area contributed by atoms with E-state index < -0.39 is 0 Å². The Balaban J connectivity index is 1.79. The lowest BCUT2D eigenvalue weighted by Crippen LogP contribution is -2.12. The van der Waals surface area contributed by atoms with Crippen LogP contribution in [0.15, 0.2) is 66.9 Å². The molecule has 1 heterocycles. The molecule has 2 heteroatoms. The summed E-state index contributed by atoms with van der Waals surface area (Å²) >= 11 is 0. The van der Waals surface area contributed by atoms with E-state index in [1.165, 1.54) is 10.9 Å². The van der Waals surface area contributed by atoms with E-state index in [1.54, 1.807) is 0 Å². The Morgan fingerprint density at radius 1 is 0.952 bits per heavy atom. The summed E-state index contributed by atoms with van der Waals surface area (Å²) in [6.45, 7) is 3.18. The van der Waals surface area contributed by atoms with Gasteiger partial charge in [-0.2, -0.15) is 0 Å². The van der Waals surface area contributed by atoms with E-state index in [0.29, 0.717) is 5.92 Å². The third kappa shape index (κ3) is 3.05. The van der Waals surface area contributed by atoms with Gasteiger partial charge < -0.3 is 5.32 Å². The lowest BCUT2D eigenvalue weighted by atomic mass is 9.96. The summed E-state index contributed by atoms with van der Waals surface area (Å²) < 4.78 is 0. The zero-order valence-corrected chi connectivity index (χ0v) is 12.3. The minimum absolute atomic E-state index is 0.526. The Labute approximate surface area is 125 Å². The van der Waals surface area contributed by atoms with Crippen molar-refractivity contribution in [2.24, 2.45) is 0 Å². The summed E-state index contributed by atoms with van der Waals surface area (Å²) in [5.41, 5.74) is 3.59. The van der Waals surface area contributed by atoms with Crippen LogP contribution in [0.25, 0.3) is 10.9 Å². The second-order valence-corrected chi connectivity index (χ2v) is 5.27. The van der Waals surface area contributed by atoms with Gasteiger partial charge in [-0.15, -0.1) is 0 Å². The predicted molar refractivity (Wildman–Crippen MR) is 89.7 cm³/mol. The summed E-state index contributed by atoms with van der Waals surface area (Å²) in [4.78, 5) is 4.41. The number of aromatic nitrogens is 1. The lowest BCUT2D eigenvalue weighted by molar-refractivity contribution is 0.695. The number of hydrogen-bond acceptors (Lipinski definition) is 2. The molecule has 1 aromatic heterocycles. The molecule has 1 N–H and O–H groups in total. The van der Waals surface area contributed by atoms with E-state index in [1.807, 2.05) is 12.3 Å². The molecule has 0 saturated carbocycles. The molecule has 0 bridgehead atoms. The molecule has 0 amide bonds. The number of fused-ring (bicyclic) bond motifs is 1. The number of nitrogens with zero attached hydrogens (tertiary/aromatic N) is 1. The van der Waals surface area contributed by atoms with E-state index in [-0.39, 0.29) is 0 Å². The fourth-order valence-electron chi connectivity index (χ4n) is 2.71. The first-order chi connectivity index (χ1) is 10.4. The molecule has 0 saturated heterocycles. The third-order valence-corrected chi connectivity index (χ3v) is 3.95. The average molecular weight is 276 g/mol. The lowest BCUT2D eigenvalue weighted by Gasteiger charge is -2.17. The highest BCUT2D eigenvalue weighted by Gasteiger charge is 2.09. The highest BCUT2D eigenvalue weighted by atomic mass is 14.9. The minimum Gasteiger partial charge on any atom is -0.384 e. The molecule has 3 rings (SSSR count). The molecule has 0 spiro atoms. The molecule has 0 aliphatic carbocycles. The van der Waals surface area contributed by atoms with E-state index in [0.717, 1.165) is 24.2 Å². The van der Waals surface area contributed by atoms with Crippen LogP contribution in [-0.4, -0.2) is 11.5 Å². The normalized spacial score (nSPS) is 12.2. The highest BCUT2D eigenvalue weighted by molar-refractivity contribution is 5.90. The standard InChI is InChI=1S/C19H20N2/c1-2-15(16-8-4-3-5-9-16)14-21-19-12-13-20-18-11-7-6-10-17(18)19/h3-13,15H,2,14H2,1H3,(H,20,21). The van der Waals surface area contributed by atoms with Crippen LogP contribution in [0.5, 0.6) is 0 Å². The van der Waals surface area contributed by atoms with Gasteiger partial charge in [0.1, 0.15) is 0 Å². The highest BCUT2D eigenvalue weighted by Crippen LogP contribution is 2.24. The maximum Gasteiger partial charge on any atom is 0.0722 e. The smallest absolute Gasteiger partial charge is 0.0722 e. The quantitative estimate of drug-likeness (QED) is 0.721. The van der Waals surface area contributed by atoms with Gasteiger partial charge in [-0.1, -0.05) is 55.5 Å². The first-order valence-electron chi connectivity index (χ1n) is 7.51. The number of nitrogens with one attached hydrogen (secondary N) is 1. The van der Waals surface area contributed by atoms with Crippen molar-refractivity contribution in [3.63, 3.8) is 0 Å². The molecule has 0 radical (unpaired) electrons. The average Bonchev–Trinajstić information content (AvgIpc) is 2.56. The van der Waals surface area contributed by atoms with Crippen molar-refractivity contribution in [3.05, 3.63) is 72.4 Å². The molecule has 106 valence electrons. The van der Waals surface area contributed by atoms with Crippen molar-refractivity contribution in [2.45, 2.75) is 19.3 Å². The van der Waals surface area contributed by atoms with Crippen LogP contribution in [0.1, 0.15) is 24.8 Å². The summed E-state index contributed by atoms with van der Waals surface area (Å²) in [7, 11) is 0. The molecule has 21 heavy (non-hydrogen) atoms. The van der Waals surface area contributed by atoms with Gasteiger partial charge in [0.15, 0.2) is 0 Å². The van der Waals surface area contributed by atoms with Crippen molar-refractivity contribution in [1.82, 2.24) is 4.98 Å². The van der Waals surface area contributed by atoms with Crippen LogP contribution in [0.3, 0.4) is 0 Å². The van der Waals surface area contributed by atoms with Crippen LogP contribution < -0.4 is 5.32 Å². The summed E-state index contributed by atoms with van der Waals surface area (Å²) in [6, 6.07) is 21.0. The SMILES string of the molecule is CCC(CNc1ccnc2ccccc12)c1ccccc1. The molecular weight excluding hydrogens is 256 g/mol. The Bertz CT molecular complexity index is 702. The number of benzene rings is 2. The number of hydrogen-bond donors (Lipinski definition) is 1. The Morgan fingerprint density at radius 3 is 2.52 bits per heavy atom. The first kappa shape index (κ1) is 13.6. The van der Waals surface area contributed by atoms with Gasteiger partial charge in [0.25, 0.3) is 0 Å². The van der Waals surface area contributed by atoms with Gasteiger partial charge in [0, 0.05) is 29.7 Å². The van der Waals surface area contributed by atoms with Gasteiger partial charge in [0.2, 0.25) is 0 Å². The fourth-order valence-corrected chi connectivity index (χ4v) is 2.71. The fraction of sp³-hybridized carbons (Fsp3) is 0.211. The maximum atomic E-state index is 4.41. The maximum absolute atomic E-state index is 4.41. The predicted octanol–water partition coefficient (Wildman–Crippen LogP) is 4.84. The molecule has 2 nitrogen and oxygen atoms in total. The van der Waals surface area contributed by atoms with Crippen LogP contribution in [-0.2, 0) is 0 Å². The van der Waals surface area contributed by atoms with Crippen LogP contribution >= 0.6 is 0 Å². The summed E-state index contributed by atoms with van der Waals surface area (Å²) in [5.74, 6) is 0.526. The number of anilines is 1. The molecular formula is C19H20N2. The number of rotatable bonds is 5. The van der Waals surface area contributed by atoms with E-state index in [4.69, 9.17) is 0 Å². The van der Waals surface area contributed by atoms with E-state index in [9.17, 15) is 0 Å². The van der Waals surface area contributed by atoms with Gasteiger partial charge in [-0.25, -0.2) is 0 Å². The second kappa shape index (κ2) is 6.40. The first-order valence-corrected chi connectivity index (χ1v) is 7.51. The van der Waals surface area contributed by atoms with E-state index in [2.05, 4.69) is 71.8 Å².